The quantitative estimate of drug-likeness (QED) is 0.167. The van der Waals surface area contributed by atoms with Gasteiger partial charge in [-0.25, -0.2) is 4.79 Å². The Balaban J connectivity index is 1.54. The molecular formula is C32H31ClF3N3O2. The van der Waals surface area contributed by atoms with Gasteiger partial charge in [-0.1, -0.05) is 90.5 Å². The molecule has 4 rings (SSSR count). The molecule has 0 unspecified atom stereocenters. The van der Waals surface area contributed by atoms with Crippen molar-refractivity contribution in [2.45, 2.75) is 25.1 Å². The number of amides is 2. The minimum atomic E-state index is -4.54. The summed E-state index contributed by atoms with van der Waals surface area (Å²) in [4.78, 5) is 13.3. The number of nitrogens with one attached hydrogen (secondary N) is 1. The van der Waals surface area contributed by atoms with Crippen molar-refractivity contribution in [3.63, 3.8) is 0 Å². The van der Waals surface area contributed by atoms with E-state index >= 15 is 0 Å². The lowest BCUT2D eigenvalue weighted by atomic mass is 9.90. The highest BCUT2D eigenvalue weighted by Gasteiger charge is 2.34. The van der Waals surface area contributed by atoms with E-state index in [-0.39, 0.29) is 17.5 Å². The minimum Gasteiger partial charge on any atom is -0.493 e. The first-order valence-electron chi connectivity index (χ1n) is 13.2. The molecule has 0 aliphatic heterocycles. The summed E-state index contributed by atoms with van der Waals surface area (Å²) in [6, 6.07) is 30.3. The zero-order chi connectivity index (χ0) is 29.2. The number of alkyl halides is 3. The standard InChI is InChI=1S/C32H31ClF3N3O2/c33-30-25(14-7-17-29(30)32(34,35)36)21-39(18-9-19-41-27-16-8-15-26(20-27)38-31(37)40)22-28(23-10-3-1-4-11-23)24-12-5-2-6-13-24/h1-8,10-17,20,28H,9,18-19,21-22H2,(H3,37,38,40). The zero-order valence-corrected chi connectivity index (χ0v) is 23.0. The number of hydrogen-bond donors (Lipinski definition) is 2. The Morgan fingerprint density at radius 1 is 0.902 bits per heavy atom. The largest absolute Gasteiger partial charge is 0.493 e. The van der Waals surface area contributed by atoms with Crippen molar-refractivity contribution >= 4 is 23.3 Å². The Morgan fingerprint density at radius 2 is 1.54 bits per heavy atom. The third-order valence-corrected chi connectivity index (χ3v) is 7.06. The number of hydrogen-bond acceptors (Lipinski definition) is 3. The molecule has 4 aromatic rings. The highest BCUT2D eigenvalue weighted by molar-refractivity contribution is 6.32. The summed E-state index contributed by atoms with van der Waals surface area (Å²) >= 11 is 6.29. The number of carbonyl (C=O) groups is 1. The van der Waals surface area contributed by atoms with Gasteiger partial charge in [0.2, 0.25) is 0 Å². The molecule has 214 valence electrons. The van der Waals surface area contributed by atoms with Crippen LogP contribution in [0.4, 0.5) is 23.7 Å². The lowest BCUT2D eigenvalue weighted by Gasteiger charge is -2.29. The van der Waals surface area contributed by atoms with Crippen molar-refractivity contribution in [2.75, 3.05) is 25.0 Å². The predicted molar refractivity (Wildman–Crippen MR) is 156 cm³/mol. The van der Waals surface area contributed by atoms with Gasteiger partial charge < -0.3 is 15.8 Å². The molecule has 0 aliphatic carbocycles. The van der Waals surface area contributed by atoms with Gasteiger partial charge in [0.05, 0.1) is 17.2 Å². The molecule has 0 spiro atoms. The van der Waals surface area contributed by atoms with Crippen molar-refractivity contribution in [3.8, 4) is 5.75 Å². The molecule has 2 amide bonds. The molecule has 0 saturated heterocycles. The summed E-state index contributed by atoms with van der Waals surface area (Å²) in [6.07, 6.45) is -3.94. The molecule has 0 heterocycles. The predicted octanol–water partition coefficient (Wildman–Crippen LogP) is 7.95. The smallest absolute Gasteiger partial charge is 0.417 e. The normalized spacial score (nSPS) is 11.6. The van der Waals surface area contributed by atoms with Crippen molar-refractivity contribution < 1.29 is 22.7 Å². The van der Waals surface area contributed by atoms with Crippen LogP contribution in [0.25, 0.3) is 0 Å². The fraction of sp³-hybridized carbons (Fsp3) is 0.219. The Morgan fingerprint density at radius 3 is 2.15 bits per heavy atom. The second-order valence-corrected chi connectivity index (χ2v) is 9.98. The maximum absolute atomic E-state index is 13.6. The van der Waals surface area contributed by atoms with Crippen molar-refractivity contribution in [3.05, 3.63) is 130 Å². The number of carbonyl (C=O) groups excluding carboxylic acids is 1. The second-order valence-electron chi connectivity index (χ2n) is 9.60. The van der Waals surface area contributed by atoms with Gasteiger partial charge >= 0.3 is 12.2 Å². The van der Waals surface area contributed by atoms with Crippen LogP contribution in [0.3, 0.4) is 0 Å². The van der Waals surface area contributed by atoms with Crippen LogP contribution >= 0.6 is 11.6 Å². The van der Waals surface area contributed by atoms with Gasteiger partial charge in [0.25, 0.3) is 0 Å². The number of nitrogens with two attached hydrogens (primary N) is 1. The summed E-state index contributed by atoms with van der Waals surface area (Å²) in [6.45, 7) is 1.69. The highest BCUT2D eigenvalue weighted by atomic mass is 35.5. The molecule has 5 nitrogen and oxygen atoms in total. The van der Waals surface area contributed by atoms with Crippen LogP contribution in [0.2, 0.25) is 5.02 Å². The Hall–Kier alpha value is -4.01. The number of halogens is 4. The molecule has 0 radical (unpaired) electrons. The molecule has 41 heavy (non-hydrogen) atoms. The molecule has 3 N–H and O–H groups in total. The average Bonchev–Trinajstić information content (AvgIpc) is 2.95. The Labute approximate surface area is 242 Å². The number of anilines is 1. The van der Waals surface area contributed by atoms with Crippen LogP contribution < -0.4 is 15.8 Å². The summed E-state index contributed by atoms with van der Waals surface area (Å²) in [5, 5.41) is 2.23. The number of primary amides is 1. The number of nitrogens with zero attached hydrogens (tertiary/aromatic N) is 1. The molecule has 0 aromatic heterocycles. The topological polar surface area (TPSA) is 67.6 Å². The third kappa shape index (κ3) is 8.74. The lowest BCUT2D eigenvalue weighted by Crippen LogP contribution is -2.31. The van der Waals surface area contributed by atoms with Crippen LogP contribution in [-0.4, -0.2) is 30.6 Å². The van der Waals surface area contributed by atoms with E-state index in [0.29, 0.717) is 43.1 Å². The number of ether oxygens (including phenoxy) is 1. The van der Waals surface area contributed by atoms with Crippen LogP contribution in [0.5, 0.6) is 5.75 Å². The van der Waals surface area contributed by atoms with Gasteiger partial charge in [-0.2, -0.15) is 13.2 Å². The van der Waals surface area contributed by atoms with E-state index in [0.717, 1.165) is 17.2 Å². The summed E-state index contributed by atoms with van der Waals surface area (Å²) in [5.41, 5.74) is 7.49. The maximum Gasteiger partial charge on any atom is 0.417 e. The molecule has 9 heteroatoms. The molecule has 0 fully saturated rings. The van der Waals surface area contributed by atoms with Gasteiger partial charge in [0.1, 0.15) is 5.75 Å². The molecule has 0 bridgehead atoms. The van der Waals surface area contributed by atoms with Gasteiger partial charge in [0.15, 0.2) is 0 Å². The van der Waals surface area contributed by atoms with E-state index in [1.807, 2.05) is 36.4 Å². The molecule has 0 atom stereocenters. The van der Waals surface area contributed by atoms with Gasteiger partial charge in [0, 0.05) is 37.3 Å². The molecule has 4 aromatic carbocycles. The number of urea groups is 1. The molecule has 0 aliphatic rings. The van der Waals surface area contributed by atoms with Gasteiger partial charge in [-0.3, -0.25) is 4.90 Å². The van der Waals surface area contributed by atoms with Crippen LogP contribution in [0, 0.1) is 0 Å². The monoisotopic (exact) mass is 581 g/mol. The summed E-state index contributed by atoms with van der Waals surface area (Å²) in [5.74, 6) is 0.551. The summed E-state index contributed by atoms with van der Waals surface area (Å²) < 4.78 is 46.6. The van der Waals surface area contributed by atoms with Crippen molar-refractivity contribution in [1.29, 1.82) is 0 Å². The van der Waals surface area contributed by atoms with E-state index in [9.17, 15) is 18.0 Å². The maximum atomic E-state index is 13.6. The Bertz CT molecular complexity index is 1380. The SMILES string of the molecule is NC(=O)Nc1cccc(OCCCN(Cc2cccc(C(F)(F)F)c2Cl)CC(c2ccccc2)c2ccccc2)c1. The van der Waals surface area contributed by atoms with Crippen molar-refractivity contribution in [2.24, 2.45) is 5.73 Å². The first kappa shape index (κ1) is 30.0. The van der Waals surface area contributed by atoms with E-state index in [4.69, 9.17) is 22.1 Å². The minimum absolute atomic E-state index is 0.0144. The second kappa shape index (κ2) is 14.1. The van der Waals surface area contributed by atoms with E-state index < -0.39 is 17.8 Å². The van der Waals surface area contributed by atoms with Gasteiger partial charge in [-0.15, -0.1) is 0 Å². The van der Waals surface area contributed by atoms with Crippen LogP contribution in [0.1, 0.15) is 34.6 Å². The van der Waals surface area contributed by atoms with E-state index in [1.165, 1.54) is 6.07 Å². The fourth-order valence-electron chi connectivity index (χ4n) is 4.71. The van der Waals surface area contributed by atoms with E-state index in [2.05, 4.69) is 34.5 Å². The highest BCUT2D eigenvalue weighted by Crippen LogP contribution is 2.37. The van der Waals surface area contributed by atoms with E-state index in [1.54, 1.807) is 30.3 Å². The lowest BCUT2D eigenvalue weighted by molar-refractivity contribution is -0.137. The number of benzene rings is 4. The average molecular weight is 582 g/mol. The van der Waals surface area contributed by atoms with Crippen LogP contribution in [0.15, 0.2) is 103 Å². The van der Waals surface area contributed by atoms with Crippen molar-refractivity contribution in [1.82, 2.24) is 4.90 Å². The number of rotatable bonds is 12. The zero-order valence-electron chi connectivity index (χ0n) is 22.3. The summed E-state index contributed by atoms with van der Waals surface area (Å²) in [7, 11) is 0. The fourth-order valence-corrected chi connectivity index (χ4v) is 5.01. The Kier molecular flexibility index (Phi) is 10.3. The first-order valence-corrected chi connectivity index (χ1v) is 13.5. The third-order valence-electron chi connectivity index (χ3n) is 6.61. The molecule has 0 saturated carbocycles. The first-order chi connectivity index (χ1) is 19.7. The molecular weight excluding hydrogens is 551 g/mol. The van der Waals surface area contributed by atoms with Gasteiger partial charge in [-0.05, 0) is 41.3 Å². The van der Waals surface area contributed by atoms with Crippen LogP contribution in [-0.2, 0) is 12.7 Å².